The Morgan fingerprint density at radius 3 is 1.91 bits per heavy atom. The van der Waals surface area contributed by atoms with Gasteiger partial charge in [0.1, 0.15) is 12.4 Å². The summed E-state index contributed by atoms with van der Waals surface area (Å²) < 4.78 is 88.7. The van der Waals surface area contributed by atoms with Crippen LogP contribution >= 0.6 is 0 Å². The van der Waals surface area contributed by atoms with Gasteiger partial charge in [0.2, 0.25) is 0 Å². The molecule has 0 N–H and O–H groups in total. The van der Waals surface area contributed by atoms with Gasteiger partial charge in [0.05, 0.1) is 0 Å². The second kappa shape index (κ2) is 9.49. The monoisotopic (exact) mass is 464 g/mol. The van der Waals surface area contributed by atoms with Gasteiger partial charge in [0.25, 0.3) is 0 Å². The zero-order chi connectivity index (χ0) is 23.7. The molecule has 0 atom stereocenters. The van der Waals surface area contributed by atoms with Gasteiger partial charge in [-0.2, -0.15) is 0 Å². The molecule has 7 heteroatoms. The number of rotatable bonds is 5. The maximum Gasteiger partial charge on any atom is 0.194 e. The Morgan fingerprint density at radius 2 is 1.33 bits per heavy atom. The van der Waals surface area contributed by atoms with Crippen molar-refractivity contribution in [3.63, 3.8) is 0 Å². The van der Waals surface area contributed by atoms with Crippen LogP contribution in [0.1, 0.15) is 49.7 Å². The smallest absolute Gasteiger partial charge is 0.194 e. The highest BCUT2D eigenvalue weighted by Gasteiger charge is 2.22. The van der Waals surface area contributed by atoms with Crippen LogP contribution in [0.3, 0.4) is 0 Å². The molecule has 1 nitrogen and oxygen atoms in total. The highest BCUT2D eigenvalue weighted by atomic mass is 19.2. The molecule has 33 heavy (non-hydrogen) atoms. The molecule has 1 saturated carbocycles. The van der Waals surface area contributed by atoms with Crippen molar-refractivity contribution in [2.45, 2.75) is 45.1 Å². The summed E-state index contributed by atoms with van der Waals surface area (Å²) in [7, 11) is 0. The molecule has 0 unspecified atom stereocenters. The van der Waals surface area contributed by atoms with Crippen molar-refractivity contribution in [1.82, 2.24) is 0 Å². The summed E-state index contributed by atoms with van der Waals surface area (Å²) in [6, 6.07) is 7.94. The number of hydrogen-bond donors (Lipinski definition) is 0. The first-order chi connectivity index (χ1) is 15.7. The Hall–Kier alpha value is -2.96. The van der Waals surface area contributed by atoms with Gasteiger partial charge in [-0.25, -0.2) is 26.3 Å². The lowest BCUT2D eigenvalue weighted by molar-refractivity contribution is 0.272. The molecule has 0 amide bonds. The van der Waals surface area contributed by atoms with Crippen molar-refractivity contribution in [1.29, 1.82) is 0 Å². The van der Waals surface area contributed by atoms with Crippen molar-refractivity contribution in [3.8, 4) is 16.9 Å². The summed E-state index contributed by atoms with van der Waals surface area (Å²) in [5.74, 6) is -7.14. The number of ether oxygens (including phenoxy) is 1. The van der Waals surface area contributed by atoms with E-state index in [0.29, 0.717) is 18.1 Å². The largest absolute Gasteiger partial charge is 0.483 e. The predicted molar refractivity (Wildman–Crippen MR) is 113 cm³/mol. The number of hydrogen-bond acceptors (Lipinski definition) is 1. The molecule has 0 heterocycles. The van der Waals surface area contributed by atoms with Gasteiger partial charge in [-0.15, -0.1) is 0 Å². The van der Waals surface area contributed by atoms with E-state index in [1.165, 1.54) is 12.1 Å². The molecule has 3 aromatic carbocycles. The summed E-state index contributed by atoms with van der Waals surface area (Å²) >= 11 is 0. The van der Waals surface area contributed by atoms with E-state index < -0.39 is 47.3 Å². The molecule has 0 bridgehead atoms. The maximum atomic E-state index is 14.8. The van der Waals surface area contributed by atoms with E-state index in [2.05, 4.69) is 6.92 Å². The van der Waals surface area contributed by atoms with E-state index >= 15 is 0 Å². The second-order valence-electron chi connectivity index (χ2n) is 8.63. The van der Waals surface area contributed by atoms with E-state index in [1.807, 2.05) is 0 Å². The maximum absolute atomic E-state index is 14.8. The molecule has 0 aliphatic heterocycles. The average molecular weight is 464 g/mol. The van der Waals surface area contributed by atoms with Crippen LogP contribution in [0.15, 0.2) is 42.5 Å². The first kappa shape index (κ1) is 23.2. The third kappa shape index (κ3) is 5.02. The van der Waals surface area contributed by atoms with Crippen LogP contribution < -0.4 is 4.74 Å². The van der Waals surface area contributed by atoms with Crippen LogP contribution in [0, 0.1) is 40.8 Å². The summed E-state index contributed by atoms with van der Waals surface area (Å²) in [5.41, 5.74) is 0.781. The summed E-state index contributed by atoms with van der Waals surface area (Å²) in [6.07, 6.45) is 4.14. The molecular weight excluding hydrogens is 442 g/mol. The lowest BCUT2D eigenvalue weighted by Gasteiger charge is -2.26. The van der Waals surface area contributed by atoms with E-state index in [9.17, 15) is 26.3 Å². The quantitative estimate of drug-likeness (QED) is 0.274. The minimum Gasteiger partial charge on any atom is -0.483 e. The topological polar surface area (TPSA) is 9.23 Å². The molecule has 0 aromatic heterocycles. The van der Waals surface area contributed by atoms with Gasteiger partial charge < -0.3 is 4.74 Å². The zero-order valence-electron chi connectivity index (χ0n) is 17.9. The van der Waals surface area contributed by atoms with Crippen molar-refractivity contribution in [2.75, 3.05) is 0 Å². The van der Waals surface area contributed by atoms with E-state index in [1.54, 1.807) is 6.07 Å². The van der Waals surface area contributed by atoms with Gasteiger partial charge in [0, 0.05) is 5.56 Å². The lowest BCUT2D eigenvalue weighted by atomic mass is 9.79. The summed E-state index contributed by atoms with van der Waals surface area (Å²) in [5, 5.41) is 0. The van der Waals surface area contributed by atoms with Gasteiger partial charge in [0.15, 0.2) is 34.8 Å². The molecule has 3 aromatic rings. The van der Waals surface area contributed by atoms with Crippen molar-refractivity contribution in [3.05, 3.63) is 88.5 Å². The average Bonchev–Trinajstić information content (AvgIpc) is 2.77. The van der Waals surface area contributed by atoms with Gasteiger partial charge in [-0.3, -0.25) is 0 Å². The predicted octanol–water partition coefficient (Wildman–Crippen LogP) is 8.06. The van der Waals surface area contributed by atoms with Gasteiger partial charge in [-0.1, -0.05) is 31.9 Å². The Bertz CT molecular complexity index is 1120. The van der Waals surface area contributed by atoms with E-state index in [4.69, 9.17) is 4.74 Å². The van der Waals surface area contributed by atoms with Gasteiger partial charge in [-0.05, 0) is 71.7 Å². The van der Waals surface area contributed by atoms with Crippen LogP contribution in [0.4, 0.5) is 26.3 Å². The Labute approximate surface area is 188 Å². The molecule has 0 saturated heterocycles. The fourth-order valence-corrected chi connectivity index (χ4v) is 4.31. The SMILES string of the molecule is CC1CCC(c2ccc(-c3cc(F)c(OCc4cc(F)c(F)c(F)c4)c(F)c3)c(F)c2)CC1. The van der Waals surface area contributed by atoms with Crippen molar-refractivity contribution in [2.24, 2.45) is 5.92 Å². The molecule has 0 spiro atoms. The molecule has 4 rings (SSSR count). The molecule has 0 radical (unpaired) electrons. The van der Waals surface area contributed by atoms with Crippen LogP contribution in [0.2, 0.25) is 0 Å². The summed E-state index contributed by atoms with van der Waals surface area (Å²) in [4.78, 5) is 0. The van der Waals surface area contributed by atoms with Crippen LogP contribution in [-0.2, 0) is 6.61 Å². The van der Waals surface area contributed by atoms with Crippen molar-refractivity contribution < 1.29 is 31.1 Å². The van der Waals surface area contributed by atoms with E-state index in [0.717, 1.165) is 43.4 Å². The van der Waals surface area contributed by atoms with E-state index in [-0.39, 0.29) is 22.6 Å². The van der Waals surface area contributed by atoms with Crippen molar-refractivity contribution >= 4 is 0 Å². The lowest BCUT2D eigenvalue weighted by Crippen LogP contribution is -2.11. The minimum absolute atomic E-state index is 0.00228. The first-order valence-electron chi connectivity index (χ1n) is 10.8. The highest BCUT2D eigenvalue weighted by Crippen LogP contribution is 2.37. The Kier molecular flexibility index (Phi) is 6.68. The van der Waals surface area contributed by atoms with Gasteiger partial charge >= 0.3 is 0 Å². The molecule has 1 fully saturated rings. The Balaban J connectivity index is 1.53. The zero-order valence-corrected chi connectivity index (χ0v) is 17.9. The fourth-order valence-electron chi connectivity index (χ4n) is 4.31. The third-order valence-electron chi connectivity index (χ3n) is 6.22. The van der Waals surface area contributed by atoms with Crippen LogP contribution in [0.5, 0.6) is 5.75 Å². The number of benzene rings is 3. The fraction of sp³-hybridized carbons (Fsp3) is 0.308. The van der Waals surface area contributed by atoms with Crippen LogP contribution in [-0.4, -0.2) is 0 Å². The molecular formula is C26H22F6O. The first-order valence-corrected chi connectivity index (χ1v) is 10.8. The normalized spacial score (nSPS) is 18.4. The van der Waals surface area contributed by atoms with Crippen LogP contribution in [0.25, 0.3) is 11.1 Å². The molecule has 174 valence electrons. The second-order valence-corrected chi connectivity index (χ2v) is 8.63. The third-order valence-corrected chi connectivity index (χ3v) is 6.22. The summed E-state index contributed by atoms with van der Waals surface area (Å²) in [6.45, 7) is 1.61. The standard InChI is InChI=1S/C26H22F6O/c1-14-2-4-16(5-3-14)17-6-7-19(20(27)10-17)18-11-23(30)26(24(31)12-18)33-13-15-8-21(28)25(32)22(29)9-15/h6-12,14,16H,2-5,13H2,1H3. The number of halogens is 6. The highest BCUT2D eigenvalue weighted by molar-refractivity contribution is 5.66. The Morgan fingerprint density at radius 1 is 0.727 bits per heavy atom. The molecule has 1 aliphatic rings. The molecule has 1 aliphatic carbocycles. The minimum atomic E-state index is -1.65.